The van der Waals surface area contributed by atoms with Gasteiger partial charge in [-0.15, -0.1) is 0 Å². The average Bonchev–Trinajstić information content (AvgIpc) is 2.99. The number of ether oxygens (including phenoxy) is 1. The van der Waals surface area contributed by atoms with E-state index < -0.39 is 0 Å². The number of aryl methyl sites for hydroxylation is 1. The maximum Gasteiger partial charge on any atom is 0.133 e. The number of hydrogen-bond donors (Lipinski definition) is 1. The van der Waals surface area contributed by atoms with Crippen molar-refractivity contribution in [1.82, 2.24) is 9.78 Å². The van der Waals surface area contributed by atoms with Gasteiger partial charge in [0.15, 0.2) is 0 Å². The lowest BCUT2D eigenvalue weighted by Gasteiger charge is -2.11. The fraction of sp³-hybridized carbons (Fsp3) is 0.222. The van der Waals surface area contributed by atoms with Crippen molar-refractivity contribution in [2.45, 2.75) is 32.8 Å². The average molecular weight is 410 g/mol. The Morgan fingerprint density at radius 3 is 2.58 bits per heavy atom. The molecule has 1 aliphatic rings. The van der Waals surface area contributed by atoms with Crippen molar-refractivity contribution in [3.63, 3.8) is 0 Å². The third-order valence-electron chi connectivity index (χ3n) is 5.75. The van der Waals surface area contributed by atoms with E-state index in [0.717, 1.165) is 41.5 Å². The summed E-state index contributed by atoms with van der Waals surface area (Å²) >= 11 is 0. The highest BCUT2D eigenvalue weighted by atomic mass is 16.5. The molecular formula is C27H27N3O. The van der Waals surface area contributed by atoms with Crippen LogP contribution in [0.2, 0.25) is 0 Å². The maximum atomic E-state index is 5.96. The molecule has 1 N–H and O–H groups in total. The summed E-state index contributed by atoms with van der Waals surface area (Å²) in [6.45, 7) is 3.67. The van der Waals surface area contributed by atoms with E-state index in [0.29, 0.717) is 6.61 Å². The molecule has 4 nitrogen and oxygen atoms in total. The Morgan fingerprint density at radius 2 is 1.77 bits per heavy atom. The Labute approximate surface area is 183 Å². The molecule has 3 aromatic carbocycles. The van der Waals surface area contributed by atoms with E-state index in [1.807, 2.05) is 30.3 Å². The Hall–Kier alpha value is -3.53. The van der Waals surface area contributed by atoms with Crippen LogP contribution in [0.15, 0.2) is 78.9 Å². The Morgan fingerprint density at radius 1 is 0.935 bits per heavy atom. The van der Waals surface area contributed by atoms with Gasteiger partial charge in [0.2, 0.25) is 0 Å². The van der Waals surface area contributed by atoms with Gasteiger partial charge in [-0.05, 0) is 62.1 Å². The van der Waals surface area contributed by atoms with Crippen LogP contribution in [0.3, 0.4) is 0 Å². The SMILES string of the molecule is Cc1cccc(-c2nn(-c3ccc(OCc4ccccc4)cc3)c3c2CCCCN3)c1. The summed E-state index contributed by atoms with van der Waals surface area (Å²) in [4.78, 5) is 0. The molecule has 0 fully saturated rings. The zero-order chi connectivity index (χ0) is 21.0. The highest BCUT2D eigenvalue weighted by Gasteiger charge is 2.21. The molecule has 4 heteroatoms. The number of nitrogens with one attached hydrogen (secondary N) is 1. The second-order valence-corrected chi connectivity index (χ2v) is 8.11. The number of nitrogens with zero attached hydrogens (tertiary/aromatic N) is 2. The summed E-state index contributed by atoms with van der Waals surface area (Å²) in [6, 6.07) is 27.1. The fourth-order valence-electron chi connectivity index (χ4n) is 4.14. The molecule has 5 rings (SSSR count). The second kappa shape index (κ2) is 8.68. The molecule has 0 aliphatic carbocycles. The molecule has 0 spiro atoms. The minimum absolute atomic E-state index is 0.566. The zero-order valence-electron chi connectivity index (χ0n) is 17.8. The summed E-state index contributed by atoms with van der Waals surface area (Å²) in [5, 5.41) is 8.68. The van der Waals surface area contributed by atoms with Gasteiger partial charge in [-0.2, -0.15) is 5.10 Å². The molecule has 1 aromatic heterocycles. The molecule has 0 radical (unpaired) electrons. The molecule has 0 saturated heterocycles. The van der Waals surface area contributed by atoms with E-state index >= 15 is 0 Å². The normalized spacial score (nSPS) is 13.2. The largest absolute Gasteiger partial charge is 0.489 e. The van der Waals surface area contributed by atoms with Gasteiger partial charge in [-0.3, -0.25) is 0 Å². The number of hydrogen-bond acceptors (Lipinski definition) is 3. The first kappa shape index (κ1) is 19.4. The lowest BCUT2D eigenvalue weighted by Crippen LogP contribution is -2.07. The van der Waals surface area contributed by atoms with Crippen LogP contribution < -0.4 is 10.1 Å². The van der Waals surface area contributed by atoms with Gasteiger partial charge < -0.3 is 10.1 Å². The number of rotatable bonds is 5. The lowest BCUT2D eigenvalue weighted by molar-refractivity contribution is 0.306. The number of fused-ring (bicyclic) bond motifs is 1. The lowest BCUT2D eigenvalue weighted by atomic mass is 10.0. The Kier molecular flexibility index (Phi) is 5.44. The van der Waals surface area contributed by atoms with Gasteiger partial charge in [0.1, 0.15) is 18.2 Å². The predicted octanol–water partition coefficient (Wildman–Crippen LogP) is 6.17. The molecule has 156 valence electrons. The molecule has 0 amide bonds. The molecule has 0 bridgehead atoms. The first-order valence-electron chi connectivity index (χ1n) is 11.0. The number of benzene rings is 3. The molecule has 0 saturated carbocycles. The minimum Gasteiger partial charge on any atom is -0.489 e. The van der Waals surface area contributed by atoms with Gasteiger partial charge in [0, 0.05) is 17.7 Å². The van der Waals surface area contributed by atoms with E-state index in [4.69, 9.17) is 9.84 Å². The van der Waals surface area contributed by atoms with Crippen LogP contribution in [0.5, 0.6) is 5.75 Å². The predicted molar refractivity (Wildman–Crippen MR) is 126 cm³/mol. The van der Waals surface area contributed by atoms with Gasteiger partial charge in [0.25, 0.3) is 0 Å². The van der Waals surface area contributed by atoms with Crippen molar-refractivity contribution in [3.05, 3.63) is 95.6 Å². The molecule has 0 atom stereocenters. The smallest absolute Gasteiger partial charge is 0.133 e. The fourth-order valence-corrected chi connectivity index (χ4v) is 4.14. The van der Waals surface area contributed by atoms with Crippen LogP contribution in [-0.4, -0.2) is 16.3 Å². The van der Waals surface area contributed by atoms with Crippen molar-refractivity contribution in [3.8, 4) is 22.7 Å². The highest BCUT2D eigenvalue weighted by Crippen LogP contribution is 2.34. The zero-order valence-corrected chi connectivity index (χ0v) is 17.8. The summed E-state index contributed by atoms with van der Waals surface area (Å²) in [5.41, 5.74) is 7.03. The van der Waals surface area contributed by atoms with Crippen LogP contribution in [0.4, 0.5) is 5.82 Å². The highest BCUT2D eigenvalue weighted by molar-refractivity contribution is 5.71. The Balaban J connectivity index is 1.45. The summed E-state index contributed by atoms with van der Waals surface area (Å²) in [5.74, 6) is 1.98. The van der Waals surface area contributed by atoms with E-state index in [1.165, 1.54) is 29.5 Å². The minimum atomic E-state index is 0.566. The van der Waals surface area contributed by atoms with Gasteiger partial charge in [-0.25, -0.2) is 4.68 Å². The number of anilines is 1. The first-order chi connectivity index (χ1) is 15.3. The van der Waals surface area contributed by atoms with Gasteiger partial charge in [-0.1, -0.05) is 54.1 Å². The Bertz CT molecular complexity index is 1160. The standard InChI is InChI=1S/C27H27N3O/c1-20-8-7-11-22(18-20)26-25-12-5-6-17-28-27(25)30(29-26)23-13-15-24(16-14-23)31-19-21-9-3-2-4-10-21/h2-4,7-11,13-16,18,28H,5-6,12,17,19H2,1H3. The number of aromatic nitrogens is 2. The maximum absolute atomic E-state index is 5.96. The quantitative estimate of drug-likeness (QED) is 0.428. The van der Waals surface area contributed by atoms with Gasteiger partial charge >= 0.3 is 0 Å². The summed E-state index contributed by atoms with van der Waals surface area (Å²) in [7, 11) is 0. The van der Waals surface area contributed by atoms with Crippen LogP contribution in [0, 0.1) is 6.92 Å². The summed E-state index contributed by atoms with van der Waals surface area (Å²) < 4.78 is 8.01. The second-order valence-electron chi connectivity index (χ2n) is 8.11. The molecule has 2 heterocycles. The van der Waals surface area contributed by atoms with Crippen LogP contribution in [-0.2, 0) is 13.0 Å². The van der Waals surface area contributed by atoms with Crippen LogP contribution in [0.1, 0.15) is 29.5 Å². The molecular weight excluding hydrogens is 382 g/mol. The van der Waals surface area contributed by atoms with Crippen molar-refractivity contribution >= 4 is 5.82 Å². The van der Waals surface area contributed by atoms with Crippen molar-refractivity contribution in [2.75, 3.05) is 11.9 Å². The van der Waals surface area contributed by atoms with E-state index in [2.05, 4.69) is 65.5 Å². The van der Waals surface area contributed by atoms with Crippen LogP contribution in [0.25, 0.3) is 16.9 Å². The summed E-state index contributed by atoms with van der Waals surface area (Å²) in [6.07, 6.45) is 3.40. The van der Waals surface area contributed by atoms with Gasteiger partial charge in [0.05, 0.1) is 11.4 Å². The molecule has 1 aliphatic heterocycles. The van der Waals surface area contributed by atoms with Crippen molar-refractivity contribution in [2.24, 2.45) is 0 Å². The van der Waals surface area contributed by atoms with E-state index in [1.54, 1.807) is 0 Å². The van der Waals surface area contributed by atoms with Crippen molar-refractivity contribution in [1.29, 1.82) is 0 Å². The third kappa shape index (κ3) is 4.19. The first-order valence-corrected chi connectivity index (χ1v) is 11.0. The molecule has 4 aromatic rings. The molecule has 31 heavy (non-hydrogen) atoms. The molecule has 0 unspecified atom stereocenters. The van der Waals surface area contributed by atoms with E-state index in [-0.39, 0.29) is 0 Å². The van der Waals surface area contributed by atoms with E-state index in [9.17, 15) is 0 Å². The monoisotopic (exact) mass is 409 g/mol. The van der Waals surface area contributed by atoms with Crippen molar-refractivity contribution < 1.29 is 4.74 Å². The van der Waals surface area contributed by atoms with Crippen LogP contribution >= 0.6 is 0 Å². The topological polar surface area (TPSA) is 39.1 Å². The third-order valence-corrected chi connectivity index (χ3v) is 5.75.